The zero-order valence-electron chi connectivity index (χ0n) is 22.1. The van der Waals surface area contributed by atoms with Gasteiger partial charge in [-0.3, -0.25) is 14.4 Å². The van der Waals surface area contributed by atoms with Crippen molar-refractivity contribution >= 4 is 11.8 Å². The Morgan fingerprint density at radius 1 is 1.12 bits per heavy atom. The number of rotatable bonds is 7. The third kappa shape index (κ3) is 5.15. The maximum Gasteiger partial charge on any atom is 0.289 e. The van der Waals surface area contributed by atoms with Gasteiger partial charge in [-0.1, -0.05) is 36.9 Å². The quantitative estimate of drug-likeness (QED) is 0.415. The summed E-state index contributed by atoms with van der Waals surface area (Å²) in [5.41, 5.74) is -2.86. The number of hydrogen-bond donors (Lipinski definition) is 1. The zero-order chi connectivity index (χ0) is 30.3. The monoisotopic (exact) mass is 589 g/mol. The van der Waals surface area contributed by atoms with Crippen LogP contribution in [0, 0.1) is 17.5 Å². The molecule has 8 nitrogen and oxygen atoms in total. The van der Waals surface area contributed by atoms with Gasteiger partial charge in [-0.2, -0.15) is 8.78 Å². The van der Waals surface area contributed by atoms with Gasteiger partial charge in [0.1, 0.15) is 29.6 Å². The van der Waals surface area contributed by atoms with Gasteiger partial charge >= 0.3 is 0 Å². The highest BCUT2D eigenvalue weighted by Crippen LogP contribution is 2.43. The minimum Gasteiger partial charge on any atom is -0.483 e. The van der Waals surface area contributed by atoms with Gasteiger partial charge < -0.3 is 24.3 Å². The summed E-state index contributed by atoms with van der Waals surface area (Å²) in [5, 5.41) is 2.22. The molecule has 1 N–H and O–H groups in total. The van der Waals surface area contributed by atoms with E-state index in [4.69, 9.17) is 9.47 Å². The Bertz CT molecular complexity index is 1620. The fourth-order valence-electron chi connectivity index (χ4n) is 5.07. The summed E-state index contributed by atoms with van der Waals surface area (Å²) in [4.78, 5) is 41.2. The Labute approximate surface area is 236 Å². The van der Waals surface area contributed by atoms with Crippen LogP contribution in [0.4, 0.5) is 22.0 Å². The lowest BCUT2D eigenvalue weighted by molar-refractivity contribution is -0.0365. The molecule has 42 heavy (non-hydrogen) atoms. The predicted molar refractivity (Wildman–Crippen MR) is 139 cm³/mol. The van der Waals surface area contributed by atoms with E-state index in [1.807, 2.05) is 0 Å². The van der Waals surface area contributed by atoms with Crippen molar-refractivity contribution in [2.75, 3.05) is 13.7 Å². The van der Waals surface area contributed by atoms with Crippen LogP contribution in [0.15, 0.2) is 65.7 Å². The number of amides is 2. The van der Waals surface area contributed by atoms with E-state index in [0.29, 0.717) is 17.7 Å². The molecular weight excluding hydrogens is 565 g/mol. The highest BCUT2D eigenvalue weighted by Gasteiger charge is 2.51. The van der Waals surface area contributed by atoms with Crippen molar-refractivity contribution in [1.29, 1.82) is 0 Å². The third-order valence-corrected chi connectivity index (χ3v) is 7.31. The Kier molecular flexibility index (Phi) is 7.62. The summed E-state index contributed by atoms with van der Waals surface area (Å²) in [6.45, 7) is 2.16. The molecule has 0 saturated carbocycles. The Morgan fingerprint density at radius 3 is 2.43 bits per heavy atom. The topological polar surface area (TPSA) is 89.9 Å². The van der Waals surface area contributed by atoms with Gasteiger partial charge in [-0.05, 0) is 5.56 Å². The number of carbonyl (C=O) groups is 2. The zero-order valence-corrected chi connectivity index (χ0v) is 22.1. The van der Waals surface area contributed by atoms with Gasteiger partial charge in [-0.15, -0.1) is 0 Å². The lowest BCUT2D eigenvalue weighted by Gasteiger charge is -2.37. The molecule has 0 aliphatic carbocycles. The van der Waals surface area contributed by atoms with E-state index in [-0.39, 0.29) is 18.8 Å². The number of allylic oxidation sites excluding steroid dienone is 1. The summed E-state index contributed by atoms with van der Waals surface area (Å²) >= 11 is 0. The van der Waals surface area contributed by atoms with Crippen LogP contribution in [-0.4, -0.2) is 47.0 Å². The van der Waals surface area contributed by atoms with Crippen LogP contribution in [0.25, 0.3) is 0 Å². The van der Waals surface area contributed by atoms with Gasteiger partial charge in [0.05, 0.1) is 17.8 Å². The molecule has 0 unspecified atom stereocenters. The number of hydrogen-bond acceptors (Lipinski definition) is 5. The second-order valence-corrected chi connectivity index (χ2v) is 9.87. The number of methoxy groups -OCH3 is 1. The first kappa shape index (κ1) is 29.0. The smallest absolute Gasteiger partial charge is 0.289 e. The van der Waals surface area contributed by atoms with Crippen molar-refractivity contribution in [3.05, 3.63) is 111 Å². The standard InChI is InChI=1S/C29H24F5N3O5/c1-15-29(33,34)10-23(41-2)22-13-36(15)28(40)24-26(42-14-16-6-4-3-5-7-16)25(38)19(12-37(22)24)27(39)35-11-18-20(31)8-17(30)9-21(18)32/h3-9,12,22-23H,1,10-11,13-14H2,2H3,(H,35,39)/t22-,23-/m1/s1. The largest absolute Gasteiger partial charge is 0.483 e. The highest BCUT2D eigenvalue weighted by molar-refractivity contribution is 6.00. The van der Waals surface area contributed by atoms with Gasteiger partial charge in [0.2, 0.25) is 5.43 Å². The van der Waals surface area contributed by atoms with Crippen molar-refractivity contribution in [3.8, 4) is 5.75 Å². The first-order valence-corrected chi connectivity index (χ1v) is 12.7. The lowest BCUT2D eigenvalue weighted by Crippen LogP contribution is -2.47. The summed E-state index contributed by atoms with van der Waals surface area (Å²) in [6.07, 6.45) is -1.01. The maximum absolute atomic E-state index is 15.0. The fourth-order valence-corrected chi connectivity index (χ4v) is 5.07. The van der Waals surface area contributed by atoms with Gasteiger partial charge in [0, 0.05) is 50.5 Å². The molecule has 2 atom stereocenters. The van der Waals surface area contributed by atoms with Crippen LogP contribution in [0.5, 0.6) is 5.75 Å². The molecule has 5 rings (SSSR count). The molecule has 13 heteroatoms. The van der Waals surface area contributed by atoms with Crippen LogP contribution in [0.3, 0.4) is 0 Å². The molecule has 0 radical (unpaired) electrons. The Balaban J connectivity index is 1.61. The number of aromatic nitrogens is 1. The van der Waals surface area contributed by atoms with Gasteiger partial charge in [0.15, 0.2) is 11.4 Å². The molecule has 2 bridgehead atoms. The molecule has 2 aliphatic heterocycles. The number of nitrogens with one attached hydrogen (secondary N) is 1. The Hall–Kier alpha value is -4.52. The molecular formula is C29H24F5N3O5. The van der Waals surface area contributed by atoms with E-state index in [2.05, 4.69) is 11.9 Å². The SMILES string of the molecule is C=C1N2C[C@H]([C@H](OC)CC1(F)F)n1cc(C(=O)NCc3c(F)cc(F)cc3F)c(=O)c(OCc3ccccc3)c1C2=O. The number of benzene rings is 2. The number of halogens is 5. The summed E-state index contributed by atoms with van der Waals surface area (Å²) in [6, 6.07) is 8.40. The molecule has 220 valence electrons. The average Bonchev–Trinajstić information content (AvgIpc) is 3.03. The summed E-state index contributed by atoms with van der Waals surface area (Å²) in [5.74, 6) is -9.87. The predicted octanol–water partition coefficient (Wildman–Crippen LogP) is 4.34. The molecule has 2 amide bonds. The number of ether oxygens (including phenoxy) is 2. The molecule has 2 aromatic carbocycles. The fraction of sp³-hybridized carbons (Fsp3) is 0.276. The van der Waals surface area contributed by atoms with Crippen molar-refractivity contribution < 1.29 is 41.0 Å². The average molecular weight is 590 g/mol. The van der Waals surface area contributed by atoms with E-state index in [9.17, 15) is 27.6 Å². The van der Waals surface area contributed by atoms with Gasteiger partial charge in [-0.25, -0.2) is 13.2 Å². The van der Waals surface area contributed by atoms with E-state index in [0.717, 1.165) is 11.1 Å². The third-order valence-electron chi connectivity index (χ3n) is 7.31. The molecule has 1 aromatic heterocycles. The molecule has 1 saturated heterocycles. The number of nitrogens with zero attached hydrogens (tertiary/aromatic N) is 2. The van der Waals surface area contributed by atoms with Crippen LogP contribution < -0.4 is 15.5 Å². The molecule has 3 aromatic rings. The minimum atomic E-state index is -3.53. The van der Waals surface area contributed by atoms with Crippen molar-refractivity contribution in [1.82, 2.24) is 14.8 Å². The second-order valence-electron chi connectivity index (χ2n) is 9.87. The molecule has 1 fully saturated rings. The molecule has 0 spiro atoms. The van der Waals surface area contributed by atoms with Gasteiger partial charge in [0.25, 0.3) is 17.7 Å². The van der Waals surface area contributed by atoms with Crippen molar-refractivity contribution in [2.45, 2.75) is 37.6 Å². The number of carbonyl (C=O) groups excluding carboxylic acids is 2. The van der Waals surface area contributed by atoms with Crippen molar-refractivity contribution in [2.24, 2.45) is 0 Å². The second kappa shape index (κ2) is 11.0. The molecule has 3 heterocycles. The summed E-state index contributed by atoms with van der Waals surface area (Å²) < 4.78 is 84.0. The lowest BCUT2D eigenvalue weighted by atomic mass is 10.0. The number of pyridine rings is 1. The summed E-state index contributed by atoms with van der Waals surface area (Å²) in [7, 11) is 1.21. The van der Waals surface area contributed by atoms with E-state index >= 15 is 8.78 Å². The maximum atomic E-state index is 15.0. The number of fused-ring (bicyclic) bond motifs is 4. The first-order valence-electron chi connectivity index (χ1n) is 12.7. The highest BCUT2D eigenvalue weighted by atomic mass is 19.3. The van der Waals surface area contributed by atoms with Crippen LogP contribution >= 0.6 is 0 Å². The van der Waals surface area contributed by atoms with E-state index < -0.39 is 88.3 Å². The van der Waals surface area contributed by atoms with E-state index in [1.54, 1.807) is 30.3 Å². The van der Waals surface area contributed by atoms with Crippen LogP contribution in [0.2, 0.25) is 0 Å². The Morgan fingerprint density at radius 2 is 1.79 bits per heavy atom. The van der Waals surface area contributed by atoms with Crippen LogP contribution in [-0.2, 0) is 17.9 Å². The molecule has 2 aliphatic rings. The minimum absolute atomic E-state index is 0.219. The van der Waals surface area contributed by atoms with Crippen LogP contribution in [0.1, 0.15) is 44.4 Å². The van der Waals surface area contributed by atoms with Crippen molar-refractivity contribution in [3.63, 3.8) is 0 Å². The normalized spacial score (nSPS) is 19.2. The first-order chi connectivity index (χ1) is 19.9. The number of alkyl halides is 2. The van der Waals surface area contributed by atoms with E-state index in [1.165, 1.54) is 11.7 Å².